The van der Waals surface area contributed by atoms with E-state index < -0.39 is 0 Å². The van der Waals surface area contributed by atoms with Gasteiger partial charge >= 0.3 is 0 Å². The number of hydrogen-bond acceptors (Lipinski definition) is 2. The van der Waals surface area contributed by atoms with Crippen LogP contribution in [0.25, 0.3) is 0 Å². The first kappa shape index (κ1) is 11.9. The fourth-order valence-corrected chi connectivity index (χ4v) is 1.14. The van der Waals surface area contributed by atoms with Crippen LogP contribution in [0.15, 0.2) is 11.6 Å². The molecule has 0 aliphatic heterocycles. The molecule has 0 aromatic carbocycles. The van der Waals surface area contributed by atoms with Crippen LogP contribution in [0, 0.1) is 11.3 Å². The van der Waals surface area contributed by atoms with Gasteiger partial charge in [0.1, 0.15) is 5.78 Å². The number of carbonyl (C=O) groups excluding carboxylic acids is 1. The van der Waals surface area contributed by atoms with Crippen molar-refractivity contribution in [3.63, 3.8) is 0 Å². The number of rotatable bonds is 6. The number of Topliss-reactive ketones (excluding diaryl/α,β-unsaturated/α-hetero) is 1. The van der Waals surface area contributed by atoms with Gasteiger partial charge in [-0.3, -0.25) is 4.79 Å². The van der Waals surface area contributed by atoms with E-state index in [2.05, 4.69) is 6.92 Å². The highest BCUT2D eigenvalue weighted by molar-refractivity contribution is 5.80. The van der Waals surface area contributed by atoms with Crippen molar-refractivity contribution in [2.24, 2.45) is 0 Å². The number of ketones is 1. The highest BCUT2D eigenvalue weighted by Gasteiger charge is 2.03. The average molecular weight is 179 g/mol. The summed E-state index contributed by atoms with van der Waals surface area (Å²) in [5, 5.41) is 8.28. The summed E-state index contributed by atoms with van der Waals surface area (Å²) in [4.78, 5) is 11.3. The first-order valence-corrected chi connectivity index (χ1v) is 4.77. The maximum absolute atomic E-state index is 11.3. The summed E-state index contributed by atoms with van der Waals surface area (Å²) in [6.45, 7) is 4.01. The number of hydrogen-bond donors (Lipinski definition) is 0. The van der Waals surface area contributed by atoms with Gasteiger partial charge in [-0.2, -0.15) is 5.26 Å². The quantitative estimate of drug-likeness (QED) is 0.464. The van der Waals surface area contributed by atoms with E-state index in [1.54, 1.807) is 0 Å². The van der Waals surface area contributed by atoms with Gasteiger partial charge in [0.25, 0.3) is 0 Å². The Kier molecular flexibility index (Phi) is 6.91. The van der Waals surface area contributed by atoms with Crippen molar-refractivity contribution in [3.8, 4) is 6.07 Å². The summed E-state index contributed by atoms with van der Waals surface area (Å²) in [6, 6.07) is 2.04. The van der Waals surface area contributed by atoms with Gasteiger partial charge in [-0.15, -0.1) is 0 Å². The summed E-state index contributed by atoms with van der Waals surface area (Å²) in [7, 11) is 0. The Hall–Kier alpha value is -1.10. The Morgan fingerprint density at radius 2 is 2.23 bits per heavy atom. The molecule has 0 atom stereocenters. The van der Waals surface area contributed by atoms with Gasteiger partial charge in [-0.05, 0) is 19.8 Å². The molecule has 2 heteroatoms. The fourth-order valence-electron chi connectivity index (χ4n) is 1.14. The molecule has 0 fully saturated rings. The lowest BCUT2D eigenvalue weighted by molar-refractivity contribution is -0.118. The molecular formula is C11H17NO. The maximum Gasteiger partial charge on any atom is 0.136 e. The number of carbonyl (C=O) groups is 1. The monoisotopic (exact) mass is 179 g/mol. The minimum Gasteiger partial charge on any atom is -0.299 e. The van der Waals surface area contributed by atoms with Gasteiger partial charge < -0.3 is 0 Å². The van der Waals surface area contributed by atoms with Crippen molar-refractivity contribution in [1.82, 2.24) is 0 Å². The molecule has 0 radical (unpaired) electrons. The fraction of sp³-hybridized carbons (Fsp3) is 0.636. The second kappa shape index (κ2) is 7.54. The lowest BCUT2D eigenvalue weighted by Crippen LogP contribution is -1.99. The Morgan fingerprint density at radius 3 is 2.69 bits per heavy atom. The van der Waals surface area contributed by atoms with Crippen molar-refractivity contribution in [2.45, 2.75) is 46.0 Å². The number of allylic oxidation sites excluding steroid dienone is 2. The zero-order chi connectivity index (χ0) is 10.1. The summed E-state index contributed by atoms with van der Waals surface area (Å²) >= 11 is 0. The van der Waals surface area contributed by atoms with Crippen LogP contribution in [0.3, 0.4) is 0 Å². The lowest BCUT2D eigenvalue weighted by atomic mass is 10.0. The highest BCUT2D eigenvalue weighted by atomic mass is 16.1. The Balaban J connectivity index is 3.69. The standard InChI is InChI=1S/C11H17NO/c1-3-10(4-2)9-11(13)7-5-6-8-12/h3H,4-7,9H2,1-2H3. The van der Waals surface area contributed by atoms with Crippen molar-refractivity contribution in [3.05, 3.63) is 11.6 Å². The second-order valence-electron chi connectivity index (χ2n) is 3.03. The Bertz CT molecular complexity index is 223. The third kappa shape index (κ3) is 6.10. The van der Waals surface area contributed by atoms with Crippen LogP contribution in [-0.4, -0.2) is 5.78 Å². The van der Waals surface area contributed by atoms with Crippen LogP contribution >= 0.6 is 0 Å². The summed E-state index contributed by atoms with van der Waals surface area (Å²) in [5.41, 5.74) is 1.20. The van der Waals surface area contributed by atoms with Crippen LogP contribution < -0.4 is 0 Å². The molecule has 0 aromatic rings. The molecule has 0 aliphatic rings. The topological polar surface area (TPSA) is 40.9 Å². The normalized spacial score (nSPS) is 11.0. The molecule has 0 rings (SSSR count). The van der Waals surface area contributed by atoms with Crippen LogP contribution in [0.1, 0.15) is 46.0 Å². The first-order chi connectivity index (χ1) is 6.24. The SMILES string of the molecule is CC=C(CC)CC(=O)CCCC#N. The minimum absolute atomic E-state index is 0.255. The van der Waals surface area contributed by atoms with E-state index in [1.807, 2.05) is 19.1 Å². The van der Waals surface area contributed by atoms with E-state index in [1.165, 1.54) is 5.57 Å². The average Bonchev–Trinajstić information content (AvgIpc) is 2.14. The molecule has 72 valence electrons. The molecule has 0 heterocycles. The molecule has 2 nitrogen and oxygen atoms in total. The van der Waals surface area contributed by atoms with Gasteiger partial charge in [0.2, 0.25) is 0 Å². The van der Waals surface area contributed by atoms with Gasteiger partial charge in [-0.1, -0.05) is 18.6 Å². The van der Waals surface area contributed by atoms with Crippen molar-refractivity contribution in [2.75, 3.05) is 0 Å². The van der Waals surface area contributed by atoms with Crippen molar-refractivity contribution >= 4 is 5.78 Å². The highest BCUT2D eigenvalue weighted by Crippen LogP contribution is 2.09. The van der Waals surface area contributed by atoms with Gasteiger partial charge in [-0.25, -0.2) is 0 Å². The van der Waals surface area contributed by atoms with Gasteiger partial charge in [0, 0.05) is 19.3 Å². The van der Waals surface area contributed by atoms with Crippen molar-refractivity contribution < 1.29 is 4.79 Å². The predicted molar refractivity (Wildman–Crippen MR) is 53.1 cm³/mol. The molecule has 0 saturated carbocycles. The molecule has 0 bridgehead atoms. The zero-order valence-corrected chi connectivity index (χ0v) is 8.47. The molecule has 0 amide bonds. The van der Waals surface area contributed by atoms with Crippen molar-refractivity contribution in [1.29, 1.82) is 5.26 Å². The second-order valence-corrected chi connectivity index (χ2v) is 3.03. The van der Waals surface area contributed by atoms with E-state index in [9.17, 15) is 4.79 Å². The summed E-state index contributed by atoms with van der Waals surface area (Å²) in [6.07, 6.45) is 5.26. The van der Waals surface area contributed by atoms with E-state index in [0.717, 1.165) is 6.42 Å². The zero-order valence-electron chi connectivity index (χ0n) is 8.47. The van der Waals surface area contributed by atoms with Crippen LogP contribution in [0.4, 0.5) is 0 Å². The smallest absolute Gasteiger partial charge is 0.136 e. The van der Waals surface area contributed by atoms with Crippen LogP contribution in [0.2, 0.25) is 0 Å². The molecule has 0 spiro atoms. The third-order valence-electron chi connectivity index (χ3n) is 2.03. The maximum atomic E-state index is 11.3. The largest absolute Gasteiger partial charge is 0.299 e. The van der Waals surface area contributed by atoms with E-state index in [-0.39, 0.29) is 5.78 Å². The summed E-state index contributed by atoms with van der Waals surface area (Å²) in [5.74, 6) is 0.255. The molecule has 0 unspecified atom stereocenters. The predicted octanol–water partition coefficient (Wildman–Crippen LogP) is 3.00. The van der Waals surface area contributed by atoms with Gasteiger partial charge in [0.15, 0.2) is 0 Å². The Labute approximate surface area is 80.3 Å². The molecule has 0 aromatic heterocycles. The first-order valence-electron chi connectivity index (χ1n) is 4.77. The number of unbranched alkanes of at least 4 members (excludes halogenated alkanes) is 1. The van der Waals surface area contributed by atoms with E-state index >= 15 is 0 Å². The van der Waals surface area contributed by atoms with E-state index in [0.29, 0.717) is 25.7 Å². The summed E-state index contributed by atoms with van der Waals surface area (Å²) < 4.78 is 0. The Morgan fingerprint density at radius 1 is 1.54 bits per heavy atom. The molecule has 0 N–H and O–H groups in total. The minimum atomic E-state index is 0.255. The molecular weight excluding hydrogens is 162 g/mol. The third-order valence-corrected chi connectivity index (χ3v) is 2.03. The van der Waals surface area contributed by atoms with Crippen LogP contribution in [-0.2, 0) is 4.79 Å². The number of nitrogens with zero attached hydrogens (tertiary/aromatic N) is 1. The molecule has 0 aliphatic carbocycles. The molecule has 0 saturated heterocycles. The van der Waals surface area contributed by atoms with Gasteiger partial charge in [0.05, 0.1) is 6.07 Å². The lowest BCUT2D eigenvalue weighted by Gasteiger charge is -2.01. The molecule has 13 heavy (non-hydrogen) atoms. The number of nitriles is 1. The van der Waals surface area contributed by atoms with E-state index in [4.69, 9.17) is 5.26 Å². The van der Waals surface area contributed by atoms with Crippen LogP contribution in [0.5, 0.6) is 0 Å².